The fraction of sp³-hybridized carbons (Fsp3) is 0.550. The summed E-state index contributed by atoms with van der Waals surface area (Å²) in [6.07, 6.45) is 6.89. The highest BCUT2D eigenvalue weighted by atomic mass is 35.5. The van der Waals surface area contributed by atoms with Gasteiger partial charge in [0.1, 0.15) is 0 Å². The summed E-state index contributed by atoms with van der Waals surface area (Å²) in [6, 6.07) is 3.51. The van der Waals surface area contributed by atoms with Crippen molar-refractivity contribution in [3.63, 3.8) is 0 Å². The van der Waals surface area contributed by atoms with Gasteiger partial charge >= 0.3 is 0 Å². The molecule has 7 heteroatoms. The van der Waals surface area contributed by atoms with Crippen molar-refractivity contribution < 1.29 is 9.53 Å². The smallest absolute Gasteiger partial charge is 0.250 e. The molecule has 0 spiro atoms. The van der Waals surface area contributed by atoms with E-state index in [-0.39, 0.29) is 0 Å². The Morgan fingerprint density at radius 1 is 1.30 bits per heavy atom. The van der Waals surface area contributed by atoms with E-state index < -0.39 is 5.91 Å². The molecule has 2 heterocycles. The molecule has 0 radical (unpaired) electrons. The first-order valence-corrected chi connectivity index (χ1v) is 9.68. The Kier molecular flexibility index (Phi) is 7.66. The highest BCUT2D eigenvalue weighted by molar-refractivity contribution is 6.30. The molecule has 3 rings (SSSR count). The maximum Gasteiger partial charge on any atom is 0.250 e. The molecular formula is C20H29ClN4O2. The highest BCUT2D eigenvalue weighted by Gasteiger charge is 2.20. The molecule has 0 saturated heterocycles. The van der Waals surface area contributed by atoms with Crippen LogP contribution in [-0.2, 0) is 6.54 Å². The number of aromatic nitrogens is 3. The molecule has 6 nitrogen and oxygen atoms in total. The fourth-order valence-electron chi connectivity index (χ4n) is 3.33. The quantitative estimate of drug-likeness (QED) is 0.846. The Labute approximate surface area is 166 Å². The molecule has 0 unspecified atom stereocenters. The lowest BCUT2D eigenvalue weighted by Gasteiger charge is -2.26. The molecule has 1 amide bonds. The van der Waals surface area contributed by atoms with Crippen molar-refractivity contribution in [2.45, 2.75) is 53.0 Å². The largest absolute Gasteiger partial charge is 0.481 e. The van der Waals surface area contributed by atoms with Crippen molar-refractivity contribution in [3.05, 3.63) is 40.3 Å². The van der Waals surface area contributed by atoms with Crippen LogP contribution in [0.25, 0.3) is 0 Å². The summed E-state index contributed by atoms with van der Waals surface area (Å²) in [5.74, 6) is 2.09. The van der Waals surface area contributed by atoms with Gasteiger partial charge in [0.25, 0.3) is 5.91 Å². The Balaban J connectivity index is 0.000000208. The first-order chi connectivity index (χ1) is 12.8. The number of carbonyl (C=O) groups is 1. The van der Waals surface area contributed by atoms with Crippen LogP contribution in [0.4, 0.5) is 0 Å². The second kappa shape index (κ2) is 9.74. The lowest BCUT2D eigenvalue weighted by Crippen LogP contribution is -2.18. The van der Waals surface area contributed by atoms with Crippen LogP contribution in [0.5, 0.6) is 5.88 Å². The summed E-state index contributed by atoms with van der Waals surface area (Å²) in [5, 5.41) is 4.91. The van der Waals surface area contributed by atoms with Gasteiger partial charge in [0.15, 0.2) is 0 Å². The van der Waals surface area contributed by atoms with Crippen LogP contribution >= 0.6 is 11.6 Å². The lowest BCUT2D eigenvalue weighted by atomic mass is 9.83. The average molecular weight is 393 g/mol. The predicted molar refractivity (Wildman–Crippen MR) is 107 cm³/mol. The topological polar surface area (TPSA) is 83.0 Å². The van der Waals surface area contributed by atoms with Gasteiger partial charge in [-0.2, -0.15) is 5.10 Å². The van der Waals surface area contributed by atoms with E-state index in [9.17, 15) is 4.79 Å². The number of rotatable bonds is 4. The lowest BCUT2D eigenvalue weighted by molar-refractivity contribution is 0.0999. The summed E-state index contributed by atoms with van der Waals surface area (Å²) in [4.78, 5) is 14.6. The van der Waals surface area contributed by atoms with Gasteiger partial charge in [-0.15, -0.1) is 0 Å². The van der Waals surface area contributed by atoms with Gasteiger partial charge in [-0.25, -0.2) is 4.68 Å². The summed E-state index contributed by atoms with van der Waals surface area (Å²) in [7, 11) is 1.72. The van der Waals surface area contributed by atoms with E-state index in [1.54, 1.807) is 14.0 Å². The van der Waals surface area contributed by atoms with E-state index in [4.69, 9.17) is 22.1 Å². The average Bonchev–Trinajstić information content (AvgIpc) is 2.99. The summed E-state index contributed by atoms with van der Waals surface area (Å²) in [6.45, 7) is 7.09. The minimum atomic E-state index is -0.502. The number of halogens is 1. The number of pyridine rings is 1. The number of nitrogens with zero attached hydrogens (tertiary/aromatic N) is 3. The van der Waals surface area contributed by atoms with Crippen LogP contribution in [0.2, 0.25) is 5.02 Å². The maximum atomic E-state index is 10.7. The van der Waals surface area contributed by atoms with Crippen molar-refractivity contribution in [2.24, 2.45) is 17.6 Å². The van der Waals surface area contributed by atoms with Crippen molar-refractivity contribution in [2.75, 3.05) is 7.11 Å². The number of amides is 1. The number of nitrogens with two attached hydrogens (primary N) is 1. The predicted octanol–water partition coefficient (Wildman–Crippen LogP) is 4.17. The first-order valence-electron chi connectivity index (χ1n) is 9.30. The maximum absolute atomic E-state index is 10.7. The third-order valence-corrected chi connectivity index (χ3v) is 5.17. The molecule has 1 aliphatic rings. The molecule has 1 saturated carbocycles. The number of hydrogen-bond donors (Lipinski definition) is 1. The zero-order valence-electron chi connectivity index (χ0n) is 16.5. The fourth-order valence-corrected chi connectivity index (χ4v) is 3.49. The van der Waals surface area contributed by atoms with Gasteiger partial charge in [-0.1, -0.05) is 31.4 Å². The number of hydrogen-bond acceptors (Lipinski definition) is 4. The van der Waals surface area contributed by atoms with Crippen LogP contribution in [0.1, 0.15) is 54.4 Å². The zero-order valence-corrected chi connectivity index (χ0v) is 17.3. The molecule has 2 aromatic rings. The van der Waals surface area contributed by atoms with Crippen LogP contribution in [0, 0.1) is 25.7 Å². The molecule has 2 N–H and O–H groups in total. The molecule has 0 atom stereocenters. The Bertz CT molecular complexity index is 767. The Morgan fingerprint density at radius 3 is 2.52 bits per heavy atom. The minimum Gasteiger partial charge on any atom is -0.481 e. The van der Waals surface area contributed by atoms with Crippen LogP contribution in [0.15, 0.2) is 18.3 Å². The van der Waals surface area contributed by atoms with Crippen molar-refractivity contribution >= 4 is 17.5 Å². The molecule has 2 aromatic heterocycles. The zero-order chi connectivity index (χ0) is 20.0. The molecule has 1 aliphatic carbocycles. The minimum absolute atomic E-state index is 0.373. The third kappa shape index (κ3) is 6.24. The van der Waals surface area contributed by atoms with E-state index in [1.165, 1.54) is 37.9 Å². The Hall–Kier alpha value is -2.08. The van der Waals surface area contributed by atoms with Crippen LogP contribution < -0.4 is 10.5 Å². The van der Waals surface area contributed by atoms with Gasteiger partial charge < -0.3 is 10.5 Å². The second-order valence-electron chi connectivity index (χ2n) is 7.29. The summed E-state index contributed by atoms with van der Waals surface area (Å²) >= 11 is 5.59. The highest BCUT2D eigenvalue weighted by Crippen LogP contribution is 2.30. The van der Waals surface area contributed by atoms with Crippen molar-refractivity contribution in [1.82, 2.24) is 14.8 Å². The number of methoxy groups -OCH3 is 1. The molecular weight excluding hydrogens is 364 g/mol. The Morgan fingerprint density at radius 2 is 1.96 bits per heavy atom. The van der Waals surface area contributed by atoms with Crippen molar-refractivity contribution in [1.29, 1.82) is 0 Å². The van der Waals surface area contributed by atoms with E-state index in [1.807, 2.05) is 17.7 Å². The molecule has 0 aliphatic heterocycles. The number of primary amides is 1. The standard InChI is InChI=1S/C13H22N2O.C7H7ClN2O/c1-10-4-6-12(7-5-10)9-15-13(16-3)8-11(2)14-15;1-4-6(7(9)11)2-5(8)3-10-4/h8,10,12H,4-7,9H2,1-3H3;2-3H,1H3,(H2,9,11). The molecule has 148 valence electrons. The molecule has 1 fully saturated rings. The van der Waals surface area contributed by atoms with Crippen molar-refractivity contribution in [3.8, 4) is 5.88 Å². The third-order valence-electron chi connectivity index (χ3n) is 4.96. The monoisotopic (exact) mass is 392 g/mol. The van der Waals surface area contributed by atoms with Gasteiger partial charge in [0, 0.05) is 18.8 Å². The van der Waals surface area contributed by atoms with Gasteiger partial charge in [0.2, 0.25) is 5.88 Å². The van der Waals surface area contributed by atoms with Crippen LogP contribution in [-0.4, -0.2) is 27.8 Å². The first kappa shape index (κ1) is 21.2. The molecule has 0 aromatic carbocycles. The normalized spacial score (nSPS) is 19.1. The number of ether oxygens (including phenoxy) is 1. The van der Waals surface area contributed by atoms with Gasteiger partial charge in [0.05, 0.1) is 29.1 Å². The second-order valence-corrected chi connectivity index (χ2v) is 7.72. The van der Waals surface area contributed by atoms with E-state index >= 15 is 0 Å². The summed E-state index contributed by atoms with van der Waals surface area (Å²) in [5.41, 5.74) is 7.06. The van der Waals surface area contributed by atoms with Gasteiger partial charge in [-0.3, -0.25) is 9.78 Å². The molecule has 0 bridgehead atoms. The number of aryl methyl sites for hydroxylation is 2. The van der Waals surface area contributed by atoms with Crippen LogP contribution in [0.3, 0.4) is 0 Å². The van der Waals surface area contributed by atoms with E-state index in [0.29, 0.717) is 16.3 Å². The molecule has 27 heavy (non-hydrogen) atoms. The van der Waals surface area contributed by atoms with E-state index in [2.05, 4.69) is 17.0 Å². The number of carbonyl (C=O) groups excluding carboxylic acids is 1. The van der Waals surface area contributed by atoms with Gasteiger partial charge in [-0.05, 0) is 44.6 Å². The summed E-state index contributed by atoms with van der Waals surface area (Å²) < 4.78 is 7.35. The van der Waals surface area contributed by atoms with E-state index in [0.717, 1.165) is 30.0 Å². The SMILES string of the molecule is COc1cc(C)nn1CC1CCC(C)CC1.Cc1ncc(Cl)cc1C(N)=O.